The summed E-state index contributed by atoms with van der Waals surface area (Å²) < 4.78 is 6.27. The van der Waals surface area contributed by atoms with Crippen LogP contribution < -0.4 is 4.90 Å². The molecule has 0 bridgehead atoms. The number of anilines is 1. The quantitative estimate of drug-likeness (QED) is 0.618. The van der Waals surface area contributed by atoms with Crippen LogP contribution in [0.4, 0.5) is 10.7 Å². The second-order valence-electron chi connectivity index (χ2n) is 4.11. The van der Waals surface area contributed by atoms with E-state index in [1.165, 1.54) is 11.3 Å². The van der Waals surface area contributed by atoms with Gasteiger partial charge in [0.25, 0.3) is 0 Å². The van der Waals surface area contributed by atoms with E-state index in [1.807, 2.05) is 24.3 Å². The molecule has 6 heteroatoms. The normalized spacial score (nSPS) is 16.1. The number of thiophene rings is 1. The van der Waals surface area contributed by atoms with Gasteiger partial charge in [-0.15, -0.1) is 0 Å². The van der Waals surface area contributed by atoms with Crippen molar-refractivity contribution in [3.8, 4) is 0 Å². The van der Waals surface area contributed by atoms with Crippen LogP contribution in [0.5, 0.6) is 0 Å². The molecular formula is C12H12N2O3S. The number of hydrogen-bond acceptors (Lipinski definition) is 5. The second-order valence-corrected chi connectivity index (χ2v) is 5.14. The minimum absolute atomic E-state index is 0.234. The lowest BCUT2D eigenvalue weighted by Crippen LogP contribution is -2.36. The van der Waals surface area contributed by atoms with Crippen molar-refractivity contribution in [1.29, 1.82) is 0 Å². The number of benzene rings is 1. The van der Waals surface area contributed by atoms with Gasteiger partial charge in [0.2, 0.25) is 0 Å². The molecule has 1 saturated heterocycles. The Hall–Kier alpha value is -1.66. The Morgan fingerprint density at radius 1 is 1.28 bits per heavy atom. The zero-order valence-corrected chi connectivity index (χ0v) is 10.5. The van der Waals surface area contributed by atoms with E-state index in [1.54, 1.807) is 0 Å². The maximum absolute atomic E-state index is 11.2. The zero-order valence-electron chi connectivity index (χ0n) is 9.67. The van der Waals surface area contributed by atoms with Gasteiger partial charge in [-0.25, -0.2) is 0 Å². The minimum atomic E-state index is -0.282. The standard InChI is InChI=1S/C12H12N2O3S/c15-14(16)12-11(13-5-7-17-8-6-13)9-3-1-2-4-10(9)18-12/h1-4H,5-8H2. The lowest BCUT2D eigenvalue weighted by atomic mass is 10.2. The number of nitro groups is 1. The molecule has 1 aromatic heterocycles. The van der Waals surface area contributed by atoms with Crippen molar-refractivity contribution in [2.75, 3.05) is 31.2 Å². The molecule has 1 aromatic carbocycles. The van der Waals surface area contributed by atoms with Crippen LogP contribution in [0.3, 0.4) is 0 Å². The molecule has 3 rings (SSSR count). The van der Waals surface area contributed by atoms with E-state index in [4.69, 9.17) is 4.74 Å². The maximum Gasteiger partial charge on any atom is 0.348 e. The lowest BCUT2D eigenvalue weighted by Gasteiger charge is -2.27. The van der Waals surface area contributed by atoms with Crippen molar-refractivity contribution in [2.45, 2.75) is 0 Å². The van der Waals surface area contributed by atoms with Crippen LogP contribution in [-0.2, 0) is 4.74 Å². The zero-order chi connectivity index (χ0) is 12.5. The Bertz CT molecular complexity index is 590. The van der Waals surface area contributed by atoms with Crippen LogP contribution in [0.25, 0.3) is 10.1 Å². The highest BCUT2D eigenvalue weighted by Crippen LogP contribution is 2.43. The van der Waals surface area contributed by atoms with E-state index in [2.05, 4.69) is 4.90 Å². The van der Waals surface area contributed by atoms with Gasteiger partial charge in [-0.2, -0.15) is 0 Å². The van der Waals surface area contributed by atoms with Gasteiger partial charge >= 0.3 is 5.00 Å². The molecule has 1 fully saturated rings. The fourth-order valence-electron chi connectivity index (χ4n) is 2.24. The molecule has 94 valence electrons. The Balaban J connectivity index is 2.17. The summed E-state index contributed by atoms with van der Waals surface area (Å²) >= 11 is 1.24. The molecule has 0 radical (unpaired) electrons. The summed E-state index contributed by atoms with van der Waals surface area (Å²) in [6.07, 6.45) is 0. The summed E-state index contributed by atoms with van der Waals surface area (Å²) in [5, 5.41) is 12.4. The van der Waals surface area contributed by atoms with Crippen molar-refractivity contribution < 1.29 is 9.66 Å². The van der Waals surface area contributed by atoms with Crippen LogP contribution in [0.2, 0.25) is 0 Å². The van der Waals surface area contributed by atoms with Crippen molar-refractivity contribution in [2.24, 2.45) is 0 Å². The van der Waals surface area contributed by atoms with Gasteiger partial charge in [-0.1, -0.05) is 29.5 Å². The highest BCUT2D eigenvalue weighted by molar-refractivity contribution is 7.23. The third kappa shape index (κ3) is 1.83. The van der Waals surface area contributed by atoms with Crippen molar-refractivity contribution in [3.05, 3.63) is 34.4 Å². The fourth-order valence-corrected chi connectivity index (χ4v) is 3.28. The predicted octanol–water partition coefficient (Wildman–Crippen LogP) is 2.65. The van der Waals surface area contributed by atoms with E-state index in [0.717, 1.165) is 15.8 Å². The van der Waals surface area contributed by atoms with Gasteiger partial charge in [-0.05, 0) is 6.07 Å². The molecule has 0 atom stereocenters. The second kappa shape index (κ2) is 4.55. The Labute approximate surface area is 108 Å². The van der Waals surface area contributed by atoms with Crippen LogP contribution in [0.1, 0.15) is 0 Å². The summed E-state index contributed by atoms with van der Waals surface area (Å²) in [4.78, 5) is 13.0. The first kappa shape index (κ1) is 11.4. The van der Waals surface area contributed by atoms with E-state index < -0.39 is 0 Å². The summed E-state index contributed by atoms with van der Waals surface area (Å²) in [7, 11) is 0. The smallest absolute Gasteiger partial charge is 0.348 e. The topological polar surface area (TPSA) is 55.6 Å². The number of hydrogen-bond donors (Lipinski definition) is 0. The van der Waals surface area contributed by atoms with E-state index in [-0.39, 0.29) is 9.92 Å². The number of morpholine rings is 1. The summed E-state index contributed by atoms with van der Waals surface area (Å²) in [6, 6.07) is 7.70. The van der Waals surface area contributed by atoms with Crippen molar-refractivity contribution in [3.63, 3.8) is 0 Å². The molecule has 0 aliphatic carbocycles. The van der Waals surface area contributed by atoms with Gasteiger partial charge < -0.3 is 9.64 Å². The SMILES string of the molecule is O=[N+]([O-])c1sc2ccccc2c1N1CCOCC1. The highest BCUT2D eigenvalue weighted by atomic mass is 32.1. The van der Waals surface area contributed by atoms with Crippen LogP contribution in [0, 0.1) is 10.1 Å². The van der Waals surface area contributed by atoms with Crippen LogP contribution >= 0.6 is 11.3 Å². The largest absolute Gasteiger partial charge is 0.378 e. The van der Waals surface area contributed by atoms with Gasteiger partial charge in [0.15, 0.2) is 0 Å². The van der Waals surface area contributed by atoms with Gasteiger partial charge in [0, 0.05) is 23.2 Å². The van der Waals surface area contributed by atoms with Gasteiger partial charge in [0.1, 0.15) is 5.69 Å². The van der Waals surface area contributed by atoms with Crippen LogP contribution in [0.15, 0.2) is 24.3 Å². The molecule has 0 spiro atoms. The molecular weight excluding hydrogens is 252 g/mol. The molecule has 1 aliphatic rings. The molecule has 0 unspecified atom stereocenters. The van der Waals surface area contributed by atoms with E-state index >= 15 is 0 Å². The molecule has 2 heterocycles. The number of ether oxygens (including phenoxy) is 1. The summed E-state index contributed by atoms with van der Waals surface area (Å²) in [5.41, 5.74) is 0.754. The molecule has 0 N–H and O–H groups in total. The number of nitrogens with zero attached hydrogens (tertiary/aromatic N) is 2. The molecule has 0 saturated carbocycles. The first-order valence-electron chi connectivity index (χ1n) is 5.76. The summed E-state index contributed by atoms with van der Waals surface area (Å²) in [5.74, 6) is 0. The first-order chi connectivity index (χ1) is 8.77. The Morgan fingerprint density at radius 3 is 2.72 bits per heavy atom. The number of rotatable bonds is 2. The third-order valence-corrected chi connectivity index (χ3v) is 4.16. The average molecular weight is 264 g/mol. The Morgan fingerprint density at radius 2 is 2.00 bits per heavy atom. The molecule has 18 heavy (non-hydrogen) atoms. The Kier molecular flexibility index (Phi) is 2.89. The molecule has 0 amide bonds. The highest BCUT2D eigenvalue weighted by Gasteiger charge is 2.26. The van der Waals surface area contributed by atoms with E-state index in [9.17, 15) is 10.1 Å². The predicted molar refractivity (Wildman–Crippen MR) is 71.5 cm³/mol. The van der Waals surface area contributed by atoms with Gasteiger partial charge in [0.05, 0.1) is 18.1 Å². The molecule has 2 aromatic rings. The first-order valence-corrected chi connectivity index (χ1v) is 6.57. The molecule has 1 aliphatic heterocycles. The third-order valence-electron chi connectivity index (χ3n) is 3.04. The minimum Gasteiger partial charge on any atom is -0.378 e. The number of fused-ring (bicyclic) bond motifs is 1. The average Bonchev–Trinajstić information content (AvgIpc) is 2.79. The lowest BCUT2D eigenvalue weighted by molar-refractivity contribution is -0.379. The maximum atomic E-state index is 11.2. The fraction of sp³-hybridized carbons (Fsp3) is 0.333. The van der Waals surface area contributed by atoms with Crippen LogP contribution in [-0.4, -0.2) is 31.2 Å². The molecule has 5 nitrogen and oxygen atoms in total. The van der Waals surface area contributed by atoms with Crippen molar-refractivity contribution >= 4 is 32.1 Å². The summed E-state index contributed by atoms with van der Waals surface area (Å²) in [6.45, 7) is 2.67. The van der Waals surface area contributed by atoms with Crippen molar-refractivity contribution in [1.82, 2.24) is 0 Å². The monoisotopic (exact) mass is 264 g/mol. The van der Waals surface area contributed by atoms with E-state index in [0.29, 0.717) is 26.3 Å². The van der Waals surface area contributed by atoms with Gasteiger partial charge in [-0.3, -0.25) is 10.1 Å².